The Morgan fingerprint density at radius 1 is 1.50 bits per heavy atom. The highest BCUT2D eigenvalue weighted by Crippen LogP contribution is 2.15. The van der Waals surface area contributed by atoms with E-state index in [0.717, 1.165) is 0 Å². The first-order valence-electron chi connectivity index (χ1n) is 5.70. The number of rotatable bonds is 6. The van der Waals surface area contributed by atoms with Gasteiger partial charge in [-0.1, -0.05) is 23.7 Å². The van der Waals surface area contributed by atoms with Gasteiger partial charge in [-0.2, -0.15) is 0 Å². The van der Waals surface area contributed by atoms with Crippen molar-refractivity contribution in [3.05, 3.63) is 34.9 Å². The zero-order valence-electron chi connectivity index (χ0n) is 10.6. The van der Waals surface area contributed by atoms with Crippen molar-refractivity contribution in [3.63, 3.8) is 0 Å². The number of methoxy groups -OCH3 is 1. The second kappa shape index (κ2) is 6.73. The van der Waals surface area contributed by atoms with Gasteiger partial charge in [-0.15, -0.1) is 0 Å². The molecule has 0 aliphatic carbocycles. The Morgan fingerprint density at radius 2 is 2.17 bits per heavy atom. The predicted molar refractivity (Wildman–Crippen MR) is 70.9 cm³/mol. The normalized spacial score (nSPS) is 14.0. The van der Waals surface area contributed by atoms with Crippen LogP contribution in [0.2, 0.25) is 5.02 Å². The first-order chi connectivity index (χ1) is 8.46. The fourth-order valence-corrected chi connectivity index (χ4v) is 1.64. The van der Waals surface area contributed by atoms with E-state index in [9.17, 15) is 9.90 Å². The molecule has 1 aromatic rings. The molecule has 1 aromatic carbocycles. The summed E-state index contributed by atoms with van der Waals surface area (Å²) >= 11 is 5.91. The smallest absolute Gasteiger partial charge is 0.252 e. The monoisotopic (exact) mass is 271 g/mol. The maximum Gasteiger partial charge on any atom is 0.252 e. The zero-order chi connectivity index (χ0) is 13.6. The number of carbonyl (C=O) groups is 1. The number of benzene rings is 1. The molecular formula is C13H18ClNO3. The molecule has 0 unspecified atom stereocenters. The molecule has 0 aliphatic heterocycles. The predicted octanol–water partition coefficient (Wildman–Crippen LogP) is 1.86. The third-order valence-electron chi connectivity index (χ3n) is 2.59. The summed E-state index contributed by atoms with van der Waals surface area (Å²) in [7, 11) is 1.57. The summed E-state index contributed by atoms with van der Waals surface area (Å²) in [4.78, 5) is 11.8. The molecule has 0 saturated heterocycles. The number of hydrogen-bond donors (Lipinski definition) is 2. The molecule has 0 aromatic heterocycles. The van der Waals surface area contributed by atoms with E-state index >= 15 is 0 Å². The van der Waals surface area contributed by atoms with Gasteiger partial charge < -0.3 is 15.2 Å². The van der Waals surface area contributed by atoms with Gasteiger partial charge in [0.1, 0.15) is 0 Å². The molecule has 0 aliphatic rings. The topological polar surface area (TPSA) is 58.6 Å². The summed E-state index contributed by atoms with van der Waals surface area (Å²) in [6.45, 7) is 2.24. The molecule has 0 bridgehead atoms. The minimum atomic E-state index is -0.993. The Morgan fingerprint density at radius 3 is 2.78 bits per heavy atom. The highest BCUT2D eigenvalue weighted by atomic mass is 35.5. The first-order valence-corrected chi connectivity index (χ1v) is 6.08. The number of nitrogens with one attached hydrogen (secondary N) is 1. The highest BCUT2D eigenvalue weighted by molar-refractivity contribution is 6.33. The molecule has 1 rings (SSSR count). The van der Waals surface area contributed by atoms with Gasteiger partial charge in [0.15, 0.2) is 0 Å². The van der Waals surface area contributed by atoms with E-state index in [2.05, 4.69) is 5.32 Å². The third-order valence-corrected chi connectivity index (χ3v) is 2.92. The second-order valence-corrected chi connectivity index (χ2v) is 4.81. The van der Waals surface area contributed by atoms with Crippen molar-refractivity contribution in [1.29, 1.82) is 0 Å². The SMILES string of the molecule is COCC[C@](C)(O)CNC(=O)c1ccccc1Cl. The summed E-state index contributed by atoms with van der Waals surface area (Å²) in [5.74, 6) is -0.293. The quantitative estimate of drug-likeness (QED) is 0.830. The van der Waals surface area contributed by atoms with E-state index in [1.165, 1.54) is 0 Å². The van der Waals surface area contributed by atoms with E-state index in [0.29, 0.717) is 23.6 Å². The molecule has 1 amide bonds. The molecule has 0 heterocycles. The molecular weight excluding hydrogens is 254 g/mol. The van der Waals surface area contributed by atoms with Gasteiger partial charge in [-0.25, -0.2) is 0 Å². The lowest BCUT2D eigenvalue weighted by molar-refractivity contribution is 0.0243. The number of carbonyl (C=O) groups excluding carboxylic acids is 1. The number of amides is 1. The van der Waals surface area contributed by atoms with Gasteiger partial charge in [0, 0.05) is 26.7 Å². The molecule has 4 nitrogen and oxygen atoms in total. The number of aliphatic hydroxyl groups is 1. The first kappa shape index (κ1) is 15.0. The fourth-order valence-electron chi connectivity index (χ4n) is 1.42. The molecule has 0 radical (unpaired) electrons. The molecule has 100 valence electrons. The second-order valence-electron chi connectivity index (χ2n) is 4.40. The molecule has 0 fully saturated rings. The van der Waals surface area contributed by atoms with Gasteiger partial charge in [0.2, 0.25) is 0 Å². The van der Waals surface area contributed by atoms with Gasteiger partial charge in [0.05, 0.1) is 16.2 Å². The largest absolute Gasteiger partial charge is 0.388 e. The molecule has 5 heteroatoms. The zero-order valence-corrected chi connectivity index (χ0v) is 11.3. The van der Waals surface area contributed by atoms with Crippen molar-refractivity contribution in [2.75, 3.05) is 20.3 Å². The van der Waals surface area contributed by atoms with Crippen LogP contribution in [0.4, 0.5) is 0 Å². The van der Waals surface area contributed by atoms with Gasteiger partial charge in [-0.3, -0.25) is 4.79 Å². The third kappa shape index (κ3) is 4.64. The van der Waals surface area contributed by atoms with Crippen LogP contribution in [-0.2, 0) is 4.74 Å². The Labute approximate surface area is 112 Å². The fraction of sp³-hybridized carbons (Fsp3) is 0.462. The van der Waals surface area contributed by atoms with Gasteiger partial charge >= 0.3 is 0 Å². The van der Waals surface area contributed by atoms with Crippen molar-refractivity contribution in [3.8, 4) is 0 Å². The average Bonchev–Trinajstić information content (AvgIpc) is 2.34. The highest BCUT2D eigenvalue weighted by Gasteiger charge is 2.21. The summed E-state index contributed by atoms with van der Waals surface area (Å²) in [5.41, 5.74) is -0.589. The van der Waals surface area contributed by atoms with Crippen LogP contribution in [0.5, 0.6) is 0 Å². The van der Waals surface area contributed by atoms with E-state index in [1.807, 2.05) is 0 Å². The van der Waals surface area contributed by atoms with Crippen molar-refractivity contribution in [1.82, 2.24) is 5.32 Å². The van der Waals surface area contributed by atoms with Crippen LogP contribution < -0.4 is 5.32 Å². The van der Waals surface area contributed by atoms with E-state index in [4.69, 9.17) is 16.3 Å². The van der Waals surface area contributed by atoms with Crippen LogP contribution >= 0.6 is 11.6 Å². The van der Waals surface area contributed by atoms with Crippen molar-refractivity contribution in [2.24, 2.45) is 0 Å². The van der Waals surface area contributed by atoms with Crippen LogP contribution in [0.15, 0.2) is 24.3 Å². The Kier molecular flexibility index (Phi) is 5.59. The molecule has 2 N–H and O–H groups in total. The summed E-state index contributed by atoms with van der Waals surface area (Å²) < 4.78 is 4.89. The van der Waals surface area contributed by atoms with Gasteiger partial charge in [-0.05, 0) is 19.1 Å². The van der Waals surface area contributed by atoms with Crippen LogP contribution in [0.1, 0.15) is 23.7 Å². The summed E-state index contributed by atoms with van der Waals surface area (Å²) in [6, 6.07) is 6.79. The lowest BCUT2D eigenvalue weighted by atomic mass is 10.0. The van der Waals surface area contributed by atoms with E-state index in [-0.39, 0.29) is 12.5 Å². The van der Waals surface area contributed by atoms with Crippen molar-refractivity contribution >= 4 is 17.5 Å². The number of hydrogen-bond acceptors (Lipinski definition) is 3. The van der Waals surface area contributed by atoms with Gasteiger partial charge in [0.25, 0.3) is 5.91 Å². The number of halogens is 1. The minimum Gasteiger partial charge on any atom is -0.388 e. The Bertz CT molecular complexity index is 407. The maximum atomic E-state index is 11.8. The minimum absolute atomic E-state index is 0.153. The van der Waals surface area contributed by atoms with Crippen molar-refractivity contribution < 1.29 is 14.6 Å². The van der Waals surface area contributed by atoms with E-state index < -0.39 is 5.60 Å². The van der Waals surface area contributed by atoms with Crippen LogP contribution in [0.3, 0.4) is 0 Å². The number of ether oxygens (including phenoxy) is 1. The van der Waals surface area contributed by atoms with Crippen LogP contribution in [0.25, 0.3) is 0 Å². The molecule has 1 atom stereocenters. The molecule has 0 spiro atoms. The standard InChI is InChI=1S/C13H18ClNO3/c1-13(17,7-8-18-2)9-15-12(16)10-5-3-4-6-11(10)14/h3-6,17H,7-9H2,1-2H3,(H,15,16)/t13-/m0/s1. The molecule has 0 saturated carbocycles. The Balaban J connectivity index is 2.54. The Hall–Kier alpha value is -1.10. The van der Waals surface area contributed by atoms with Crippen LogP contribution in [0, 0.1) is 0 Å². The van der Waals surface area contributed by atoms with Crippen molar-refractivity contribution in [2.45, 2.75) is 18.9 Å². The average molecular weight is 272 g/mol. The summed E-state index contributed by atoms with van der Waals surface area (Å²) in [5, 5.41) is 13.0. The van der Waals surface area contributed by atoms with Crippen LogP contribution in [-0.4, -0.2) is 36.9 Å². The van der Waals surface area contributed by atoms with E-state index in [1.54, 1.807) is 38.3 Å². The lowest BCUT2D eigenvalue weighted by Crippen LogP contribution is -2.41. The molecule has 18 heavy (non-hydrogen) atoms. The summed E-state index contributed by atoms with van der Waals surface area (Å²) in [6.07, 6.45) is 0.451. The maximum absolute atomic E-state index is 11.8. The lowest BCUT2D eigenvalue weighted by Gasteiger charge is -2.23.